The molecule has 1 aliphatic carbocycles. The number of carbonyl (C=O) groups excluding carboxylic acids is 1. The predicted molar refractivity (Wildman–Crippen MR) is 212 cm³/mol. The summed E-state index contributed by atoms with van der Waals surface area (Å²) in [6, 6.07) is 46.5. The van der Waals surface area contributed by atoms with Gasteiger partial charge in [0.25, 0.3) is 0 Å². The van der Waals surface area contributed by atoms with Crippen LogP contribution in [0.25, 0.3) is 6.08 Å². The second-order valence-electron chi connectivity index (χ2n) is 13.0. The van der Waals surface area contributed by atoms with Crippen molar-refractivity contribution in [3.8, 4) is 5.75 Å². The Morgan fingerprint density at radius 2 is 1.36 bits per heavy atom. The van der Waals surface area contributed by atoms with Crippen LogP contribution in [0.1, 0.15) is 49.8 Å². The average molecular weight is 739 g/mol. The Morgan fingerprint density at radius 3 is 2.00 bits per heavy atom. The predicted octanol–water partition coefficient (Wildman–Crippen LogP) is 7.67. The molecular formula is C45H42NO2PSe+. The molecule has 5 heteroatoms. The normalized spacial score (nSPS) is 15.8. The van der Waals surface area contributed by atoms with Gasteiger partial charge in [-0.15, -0.1) is 0 Å². The first-order valence-electron chi connectivity index (χ1n) is 17.0. The minimum atomic E-state index is -0.467. The zero-order chi connectivity index (χ0) is 34.9. The smallest absolute Gasteiger partial charge is 0.0122 e. The average Bonchev–Trinajstić information content (AvgIpc) is 3.40. The Kier molecular flexibility index (Phi) is 11.6. The van der Waals surface area contributed by atoms with E-state index in [4.69, 9.17) is 4.74 Å². The number of hydrogen-bond acceptors (Lipinski definition) is 2. The molecule has 0 amide bonds. The molecule has 0 fully saturated rings. The molecule has 1 heterocycles. The topological polar surface area (TPSA) is 40.3 Å². The number of carbonyl (C=O) groups is 1. The van der Waals surface area contributed by atoms with E-state index >= 15 is 0 Å². The van der Waals surface area contributed by atoms with Crippen molar-refractivity contribution in [1.29, 1.82) is 0 Å². The summed E-state index contributed by atoms with van der Waals surface area (Å²) in [5, 5.41) is 4.26. The maximum Gasteiger partial charge on any atom is -0.0122 e. The molecule has 5 aromatic carbocycles. The summed E-state index contributed by atoms with van der Waals surface area (Å²) >= 11 is 3.30. The number of rotatable bonds is 8. The number of hydrogen-bond donors (Lipinski definition) is 1. The van der Waals surface area contributed by atoms with Crippen LogP contribution in [0.4, 0.5) is 5.69 Å². The van der Waals surface area contributed by atoms with Gasteiger partial charge in [-0.1, -0.05) is 84.9 Å². The van der Waals surface area contributed by atoms with Crippen molar-refractivity contribution in [2.24, 2.45) is 0 Å². The van der Waals surface area contributed by atoms with Crippen LogP contribution >= 0.6 is 7.92 Å². The molecule has 0 saturated heterocycles. The van der Waals surface area contributed by atoms with E-state index in [1.807, 2.05) is 24.3 Å². The first-order valence-corrected chi connectivity index (χ1v) is 19.2. The number of ether oxygens (including phenoxy) is 1. The summed E-state index contributed by atoms with van der Waals surface area (Å²) in [5.41, 5.74) is 8.87. The molecule has 1 radical (unpaired) electrons. The Hall–Kier alpha value is -4.59. The molecule has 1 aliphatic heterocycles. The van der Waals surface area contributed by atoms with Gasteiger partial charge in [-0.2, -0.15) is 0 Å². The first-order chi connectivity index (χ1) is 24.3. The van der Waals surface area contributed by atoms with Gasteiger partial charge in [-0.05, 0) is 36.3 Å². The molecule has 1 N–H and O–H groups in total. The van der Waals surface area contributed by atoms with Crippen molar-refractivity contribution in [3.63, 3.8) is 0 Å². The van der Waals surface area contributed by atoms with Gasteiger partial charge >= 0.3 is 186 Å². The fourth-order valence-electron chi connectivity index (χ4n) is 6.51. The molecule has 0 atom stereocenters. The quantitative estimate of drug-likeness (QED) is 0.101. The Labute approximate surface area is 306 Å². The third kappa shape index (κ3) is 8.23. The number of aryl methyl sites for hydroxylation is 1. The van der Waals surface area contributed by atoms with Crippen LogP contribution in [-0.4, -0.2) is 28.2 Å². The molecule has 0 spiro atoms. The molecule has 0 bridgehead atoms. The van der Waals surface area contributed by atoms with Gasteiger partial charge in [0.15, 0.2) is 0 Å². The summed E-state index contributed by atoms with van der Waals surface area (Å²) < 4.78 is 6.11. The number of fused-ring (bicyclic) bond motifs is 1. The summed E-state index contributed by atoms with van der Waals surface area (Å²) in [6.45, 7) is 7.19. The van der Waals surface area contributed by atoms with Gasteiger partial charge in [0.2, 0.25) is 0 Å². The minimum absolute atomic E-state index is 0.0239. The van der Waals surface area contributed by atoms with E-state index in [1.54, 1.807) is 0 Å². The molecule has 0 aromatic heterocycles. The number of allylic oxidation sites excluding steroid dienone is 5. The number of benzene rings is 5. The van der Waals surface area contributed by atoms with Crippen LogP contribution in [0.5, 0.6) is 5.75 Å². The van der Waals surface area contributed by atoms with Crippen LogP contribution in [0.3, 0.4) is 0 Å². The fraction of sp³-hybridized carbons (Fsp3) is 0.156. The molecule has 2 aliphatic rings. The van der Waals surface area contributed by atoms with Crippen LogP contribution in [0.15, 0.2) is 161 Å². The van der Waals surface area contributed by atoms with Crippen LogP contribution in [0, 0.1) is 6.92 Å². The SMILES string of the molecule is CC1(C)C(/C=C/C2=C([Se])C(=C\c3ccc(OC=O)cc3)/CCC2)=[NH+]c2ccccc21.Cc1ccccc1P(c1ccccc1)c1ccccc1. The Bertz CT molecular complexity index is 2020. The maximum absolute atomic E-state index is 10.5. The van der Waals surface area contributed by atoms with Gasteiger partial charge in [-0.25, -0.2) is 0 Å². The molecule has 0 saturated carbocycles. The van der Waals surface area contributed by atoms with Gasteiger partial charge in [0, 0.05) is 0 Å². The third-order valence-electron chi connectivity index (χ3n) is 9.26. The first kappa shape index (κ1) is 35.2. The van der Waals surface area contributed by atoms with E-state index in [0.29, 0.717) is 12.2 Å². The van der Waals surface area contributed by atoms with Crippen molar-refractivity contribution in [3.05, 3.63) is 178 Å². The van der Waals surface area contributed by atoms with Crippen molar-refractivity contribution in [2.75, 3.05) is 0 Å². The second kappa shape index (κ2) is 16.4. The third-order valence-corrected chi connectivity index (χ3v) is 13.0. The molecule has 50 heavy (non-hydrogen) atoms. The molecule has 249 valence electrons. The van der Waals surface area contributed by atoms with Crippen LogP contribution in [0.2, 0.25) is 0 Å². The molecular weight excluding hydrogens is 696 g/mol. The molecule has 0 unspecified atom stereocenters. The van der Waals surface area contributed by atoms with Gasteiger partial charge < -0.3 is 0 Å². The van der Waals surface area contributed by atoms with Gasteiger partial charge in [-0.3, -0.25) is 0 Å². The maximum atomic E-state index is 10.5. The standard InChI is InChI=1S/C26H24NO2Se.C19H17P/c1-26(2)22-8-3-4-9-23(22)27-24(26)15-12-19-6-5-7-20(25(19)30)16-18-10-13-21(14-11-18)29-17-28;1-16-10-8-9-15-19(16)20(17-11-4-2-5-12-17)18-13-6-3-7-14-18/h3-4,8-17H,5-7H2,1-2H3;2-15H,1H3/p+1/b15-12+,20-16-;. The molecule has 7 rings (SSSR count). The van der Waals surface area contributed by atoms with E-state index in [0.717, 1.165) is 24.8 Å². The van der Waals surface area contributed by atoms with E-state index in [9.17, 15) is 4.79 Å². The van der Waals surface area contributed by atoms with Crippen molar-refractivity contribution < 1.29 is 14.5 Å². The Morgan fingerprint density at radius 1 is 0.740 bits per heavy atom. The second-order valence-corrected chi connectivity index (χ2v) is 16.0. The van der Waals surface area contributed by atoms with Crippen LogP contribution < -0.4 is 25.6 Å². The number of nitrogens with one attached hydrogen (secondary N) is 1. The van der Waals surface area contributed by atoms with Crippen molar-refractivity contribution in [2.45, 2.75) is 45.4 Å². The van der Waals surface area contributed by atoms with E-state index < -0.39 is 7.92 Å². The van der Waals surface area contributed by atoms with E-state index in [1.165, 1.54) is 54.1 Å². The largest absolute Gasteiger partial charge is 0.0622 e. The summed E-state index contributed by atoms with van der Waals surface area (Å²) in [6.07, 6.45) is 9.97. The molecule has 3 nitrogen and oxygen atoms in total. The zero-order valence-corrected chi connectivity index (χ0v) is 31.4. The van der Waals surface area contributed by atoms with Crippen molar-refractivity contribution in [1.82, 2.24) is 0 Å². The minimum Gasteiger partial charge on any atom is -0.0622 e. The fourth-order valence-corrected chi connectivity index (χ4v) is 9.66. The summed E-state index contributed by atoms with van der Waals surface area (Å²) in [4.78, 5) is 14.1. The monoisotopic (exact) mass is 739 g/mol. The zero-order valence-electron chi connectivity index (χ0n) is 28.8. The van der Waals surface area contributed by atoms with E-state index in [2.05, 4.69) is 169 Å². The van der Waals surface area contributed by atoms with Crippen molar-refractivity contribution >= 4 is 63.8 Å². The van der Waals surface area contributed by atoms with Gasteiger partial charge in [0.05, 0.1) is 0 Å². The van der Waals surface area contributed by atoms with Gasteiger partial charge in [0.1, 0.15) is 0 Å². The number of para-hydroxylation sites is 1. The Balaban J connectivity index is 0.000000187. The summed E-state index contributed by atoms with van der Waals surface area (Å²) in [7, 11) is -0.467. The van der Waals surface area contributed by atoms with E-state index in [-0.39, 0.29) is 5.41 Å². The molecule has 5 aromatic rings. The summed E-state index contributed by atoms with van der Waals surface area (Å²) in [5.74, 6) is 0.558. The van der Waals surface area contributed by atoms with Crippen LogP contribution in [-0.2, 0) is 10.2 Å².